The Kier molecular flexibility index (Phi) is 6.17. The van der Waals surface area contributed by atoms with E-state index in [0.717, 1.165) is 85.5 Å². The van der Waals surface area contributed by atoms with E-state index in [1.165, 1.54) is 0 Å². The first-order valence-electron chi connectivity index (χ1n) is 13.2. The molecule has 3 heterocycles. The molecule has 3 aromatic rings. The number of methoxy groups -OCH3 is 1. The van der Waals surface area contributed by atoms with Crippen LogP contribution >= 0.6 is 0 Å². The second-order valence-corrected chi connectivity index (χ2v) is 10.3. The Bertz CT molecular complexity index is 1260. The molecule has 2 aromatic carbocycles. The molecule has 1 N–H and O–H groups in total. The first-order chi connectivity index (χ1) is 17.6. The lowest BCUT2D eigenvalue weighted by Crippen LogP contribution is -2.43. The number of nitrogens with one attached hydrogen (secondary N) is 1. The summed E-state index contributed by atoms with van der Waals surface area (Å²) < 4.78 is 14.2. The van der Waals surface area contributed by atoms with Gasteiger partial charge in [0.2, 0.25) is 5.91 Å². The summed E-state index contributed by atoms with van der Waals surface area (Å²) in [6.07, 6.45) is 10.0. The average molecular weight is 487 g/mol. The fraction of sp³-hybridized carbons (Fsp3) is 0.448. The van der Waals surface area contributed by atoms with Gasteiger partial charge in [0.25, 0.3) is 0 Å². The molecule has 2 aliphatic heterocycles. The molecule has 188 valence electrons. The van der Waals surface area contributed by atoms with E-state index in [0.29, 0.717) is 11.8 Å². The van der Waals surface area contributed by atoms with Crippen molar-refractivity contribution in [3.05, 3.63) is 54.4 Å². The van der Waals surface area contributed by atoms with E-state index >= 15 is 0 Å². The van der Waals surface area contributed by atoms with Crippen molar-refractivity contribution in [2.24, 2.45) is 5.92 Å². The van der Waals surface area contributed by atoms with Gasteiger partial charge >= 0.3 is 0 Å². The van der Waals surface area contributed by atoms with Crippen LogP contribution in [0.3, 0.4) is 0 Å². The topological polar surface area (TPSA) is 68.6 Å². The number of carbonyl (C=O) groups excluding carboxylic acids is 1. The summed E-state index contributed by atoms with van der Waals surface area (Å²) in [4.78, 5) is 15.3. The first-order valence-corrected chi connectivity index (χ1v) is 13.2. The van der Waals surface area contributed by atoms with Crippen LogP contribution in [0.4, 0.5) is 5.69 Å². The highest BCUT2D eigenvalue weighted by Crippen LogP contribution is 2.46. The standard InChI is InChI=1S/C29H34N4O3/c1-19-6-9-26-27(33(19)29(34)20-7-8-20)11-10-25(28(26)36-24-5-3-4-23(16-24)35-2)21-17-31-32(18-21)22-12-14-30-15-13-22/h3-5,10-11,16-20,22,30H,6-9,12-15H2,1-2H3. The van der Waals surface area contributed by atoms with Gasteiger partial charge in [-0.3, -0.25) is 9.48 Å². The molecule has 7 nitrogen and oxygen atoms in total. The maximum atomic E-state index is 13.3. The Balaban J connectivity index is 1.43. The van der Waals surface area contributed by atoms with E-state index in [1.54, 1.807) is 7.11 Å². The van der Waals surface area contributed by atoms with Crippen molar-refractivity contribution in [3.8, 4) is 28.4 Å². The van der Waals surface area contributed by atoms with E-state index < -0.39 is 0 Å². The Labute approximate surface area is 212 Å². The third-order valence-electron chi connectivity index (χ3n) is 7.77. The van der Waals surface area contributed by atoms with Crippen molar-refractivity contribution in [3.63, 3.8) is 0 Å². The minimum absolute atomic E-state index is 0.170. The molecule has 1 aliphatic carbocycles. The summed E-state index contributed by atoms with van der Waals surface area (Å²) in [5.41, 5.74) is 4.12. The fourth-order valence-electron chi connectivity index (χ4n) is 5.54. The molecule has 6 rings (SSSR count). The van der Waals surface area contributed by atoms with Gasteiger partial charge in [0.1, 0.15) is 17.2 Å². The number of aromatic nitrogens is 2. The van der Waals surface area contributed by atoms with E-state index in [1.807, 2.05) is 35.4 Å². The number of rotatable bonds is 6. The number of fused-ring (bicyclic) bond motifs is 1. The number of hydrogen-bond donors (Lipinski definition) is 1. The molecule has 3 aliphatic rings. The van der Waals surface area contributed by atoms with Gasteiger partial charge in [-0.15, -0.1) is 0 Å². The number of benzene rings is 2. The number of hydrogen-bond acceptors (Lipinski definition) is 5. The van der Waals surface area contributed by atoms with E-state index in [9.17, 15) is 4.79 Å². The molecule has 0 spiro atoms. The van der Waals surface area contributed by atoms with Crippen LogP contribution in [0, 0.1) is 5.92 Å². The number of carbonyl (C=O) groups is 1. The second-order valence-electron chi connectivity index (χ2n) is 10.3. The molecular formula is C29H34N4O3. The second kappa shape index (κ2) is 9.62. The summed E-state index contributed by atoms with van der Waals surface area (Å²) in [5.74, 6) is 2.70. The zero-order valence-electron chi connectivity index (χ0n) is 21.1. The molecule has 36 heavy (non-hydrogen) atoms. The van der Waals surface area contributed by atoms with Gasteiger partial charge in [-0.2, -0.15) is 5.10 Å². The number of ether oxygens (including phenoxy) is 2. The van der Waals surface area contributed by atoms with Crippen LogP contribution in [-0.4, -0.2) is 41.9 Å². The van der Waals surface area contributed by atoms with Gasteiger partial charge in [-0.1, -0.05) is 6.07 Å². The van der Waals surface area contributed by atoms with Gasteiger partial charge in [0, 0.05) is 40.9 Å². The van der Waals surface area contributed by atoms with Crippen molar-refractivity contribution in [2.45, 2.75) is 57.5 Å². The van der Waals surface area contributed by atoms with Crippen LogP contribution < -0.4 is 19.7 Å². The molecule has 1 aromatic heterocycles. The maximum absolute atomic E-state index is 13.3. The molecule has 0 bridgehead atoms. The summed E-state index contributed by atoms with van der Waals surface area (Å²) in [5, 5.41) is 8.17. The monoisotopic (exact) mass is 486 g/mol. The molecule has 0 radical (unpaired) electrons. The molecule has 1 atom stereocenters. The van der Waals surface area contributed by atoms with Crippen LogP contribution in [0.1, 0.15) is 50.6 Å². The van der Waals surface area contributed by atoms with Crippen molar-refractivity contribution in [2.75, 3.05) is 25.1 Å². The van der Waals surface area contributed by atoms with Gasteiger partial charge in [-0.05, 0) is 82.8 Å². The Hall–Kier alpha value is -3.32. The highest BCUT2D eigenvalue weighted by atomic mass is 16.5. The largest absolute Gasteiger partial charge is 0.497 e. The van der Waals surface area contributed by atoms with Crippen molar-refractivity contribution in [1.82, 2.24) is 15.1 Å². The lowest BCUT2D eigenvalue weighted by atomic mass is 9.92. The lowest BCUT2D eigenvalue weighted by molar-refractivity contribution is -0.120. The van der Waals surface area contributed by atoms with Crippen LogP contribution in [-0.2, 0) is 11.2 Å². The summed E-state index contributed by atoms with van der Waals surface area (Å²) in [6.45, 7) is 4.20. The van der Waals surface area contributed by atoms with Crippen LogP contribution in [0.25, 0.3) is 11.1 Å². The molecule has 2 fully saturated rings. The molecule has 1 saturated heterocycles. The summed E-state index contributed by atoms with van der Waals surface area (Å²) in [6, 6.07) is 12.5. The molecule has 1 saturated carbocycles. The molecular weight excluding hydrogens is 452 g/mol. The predicted octanol–water partition coefficient (Wildman–Crippen LogP) is 5.35. The minimum Gasteiger partial charge on any atom is -0.497 e. The van der Waals surface area contributed by atoms with E-state index in [2.05, 4.69) is 35.3 Å². The number of nitrogens with zero attached hydrogens (tertiary/aromatic N) is 3. The summed E-state index contributed by atoms with van der Waals surface area (Å²) in [7, 11) is 1.66. The van der Waals surface area contributed by atoms with Crippen LogP contribution in [0.15, 0.2) is 48.8 Å². The lowest BCUT2D eigenvalue weighted by Gasteiger charge is -2.36. The fourth-order valence-corrected chi connectivity index (χ4v) is 5.54. The SMILES string of the molecule is COc1cccc(Oc2c(-c3cnn(C4CCNCC4)c3)ccc3c2CCC(C)N3C(=O)C2CC2)c1. The van der Waals surface area contributed by atoms with Crippen molar-refractivity contribution >= 4 is 11.6 Å². The van der Waals surface area contributed by atoms with E-state index in [4.69, 9.17) is 14.6 Å². The highest BCUT2D eigenvalue weighted by Gasteiger charge is 2.39. The average Bonchev–Trinajstić information content (AvgIpc) is 3.65. The smallest absolute Gasteiger partial charge is 0.230 e. The van der Waals surface area contributed by atoms with Gasteiger partial charge < -0.3 is 19.7 Å². The number of piperidine rings is 1. The van der Waals surface area contributed by atoms with Crippen molar-refractivity contribution in [1.29, 1.82) is 0 Å². The van der Waals surface area contributed by atoms with Gasteiger partial charge in [0.15, 0.2) is 0 Å². The normalized spacial score (nSPS) is 20.2. The number of amides is 1. The van der Waals surface area contributed by atoms with Crippen LogP contribution in [0.5, 0.6) is 17.2 Å². The minimum atomic E-state index is 0.170. The molecule has 1 unspecified atom stereocenters. The summed E-state index contributed by atoms with van der Waals surface area (Å²) >= 11 is 0. The highest BCUT2D eigenvalue weighted by molar-refractivity contribution is 5.99. The molecule has 1 amide bonds. The third-order valence-corrected chi connectivity index (χ3v) is 7.77. The zero-order valence-corrected chi connectivity index (χ0v) is 21.1. The third kappa shape index (κ3) is 4.37. The van der Waals surface area contributed by atoms with Crippen molar-refractivity contribution < 1.29 is 14.3 Å². The Morgan fingerprint density at radius 1 is 1.06 bits per heavy atom. The Morgan fingerprint density at radius 2 is 1.86 bits per heavy atom. The molecule has 7 heteroatoms. The quantitative estimate of drug-likeness (QED) is 0.509. The van der Waals surface area contributed by atoms with Gasteiger partial charge in [0.05, 0.1) is 25.0 Å². The van der Waals surface area contributed by atoms with Gasteiger partial charge in [-0.25, -0.2) is 0 Å². The number of anilines is 1. The maximum Gasteiger partial charge on any atom is 0.230 e. The van der Waals surface area contributed by atoms with Crippen LogP contribution in [0.2, 0.25) is 0 Å². The Morgan fingerprint density at radius 3 is 2.64 bits per heavy atom. The van der Waals surface area contributed by atoms with E-state index in [-0.39, 0.29) is 17.9 Å². The zero-order chi connectivity index (χ0) is 24.6. The first kappa shape index (κ1) is 23.1. The predicted molar refractivity (Wildman–Crippen MR) is 140 cm³/mol.